The van der Waals surface area contributed by atoms with Crippen LogP contribution in [-0.2, 0) is 11.2 Å². The van der Waals surface area contributed by atoms with Crippen LogP contribution >= 0.6 is 0 Å². The van der Waals surface area contributed by atoms with E-state index in [1.807, 2.05) is 36.4 Å². The largest absolute Gasteiger partial charge is 0.479 e. The molecule has 5 nitrogen and oxygen atoms in total. The van der Waals surface area contributed by atoms with Crippen molar-refractivity contribution in [3.63, 3.8) is 0 Å². The van der Waals surface area contributed by atoms with Crippen LogP contribution in [0.3, 0.4) is 0 Å². The number of fused-ring (bicyclic) bond motifs is 1. The Hall–Kier alpha value is -2.95. The van der Waals surface area contributed by atoms with Gasteiger partial charge in [-0.05, 0) is 29.7 Å². The van der Waals surface area contributed by atoms with Gasteiger partial charge in [0.1, 0.15) is 12.1 Å². The standard InChI is InChI=1S/C18H17N3O2/c1-2-12-8-9-15-14(10-12)17(20-11-19-15)21-16(18(22)23)13-6-4-3-5-7-13/h3-11,16H,2H2,1H3,(H,22,23)(H,19,20,21). The minimum absolute atomic E-state index is 0.529. The zero-order valence-corrected chi connectivity index (χ0v) is 12.7. The first kappa shape index (κ1) is 15.0. The van der Waals surface area contributed by atoms with Crippen molar-refractivity contribution in [2.24, 2.45) is 0 Å². The molecule has 5 heteroatoms. The highest BCUT2D eigenvalue weighted by atomic mass is 16.4. The van der Waals surface area contributed by atoms with Crippen LogP contribution in [0.5, 0.6) is 0 Å². The summed E-state index contributed by atoms with van der Waals surface area (Å²) in [5.41, 5.74) is 2.62. The van der Waals surface area contributed by atoms with Crippen LogP contribution < -0.4 is 5.32 Å². The number of aryl methyl sites for hydroxylation is 1. The van der Waals surface area contributed by atoms with E-state index >= 15 is 0 Å². The van der Waals surface area contributed by atoms with Crippen molar-refractivity contribution in [1.29, 1.82) is 0 Å². The highest BCUT2D eigenvalue weighted by Gasteiger charge is 2.20. The van der Waals surface area contributed by atoms with E-state index in [2.05, 4.69) is 22.2 Å². The molecule has 1 aromatic heterocycles. The van der Waals surface area contributed by atoms with Crippen molar-refractivity contribution in [2.45, 2.75) is 19.4 Å². The van der Waals surface area contributed by atoms with E-state index in [0.29, 0.717) is 11.4 Å². The number of rotatable bonds is 5. The molecule has 0 saturated heterocycles. The molecule has 0 bridgehead atoms. The summed E-state index contributed by atoms with van der Waals surface area (Å²) < 4.78 is 0. The molecule has 1 atom stereocenters. The molecule has 3 rings (SSSR count). The zero-order chi connectivity index (χ0) is 16.2. The average Bonchev–Trinajstić information content (AvgIpc) is 2.59. The van der Waals surface area contributed by atoms with Gasteiger partial charge in [-0.1, -0.05) is 43.3 Å². The number of carboxylic acids is 1. The zero-order valence-electron chi connectivity index (χ0n) is 12.7. The van der Waals surface area contributed by atoms with Gasteiger partial charge in [0.25, 0.3) is 0 Å². The van der Waals surface area contributed by atoms with Gasteiger partial charge in [0.2, 0.25) is 0 Å². The van der Waals surface area contributed by atoms with Crippen LogP contribution in [0.1, 0.15) is 24.1 Å². The maximum atomic E-state index is 11.7. The Morgan fingerprint density at radius 3 is 2.65 bits per heavy atom. The Kier molecular flexibility index (Phi) is 4.19. The van der Waals surface area contributed by atoms with E-state index in [0.717, 1.165) is 22.9 Å². The molecule has 116 valence electrons. The minimum Gasteiger partial charge on any atom is -0.479 e. The third-order valence-electron chi connectivity index (χ3n) is 3.77. The Labute approximate surface area is 134 Å². The fraction of sp³-hybridized carbons (Fsp3) is 0.167. The highest BCUT2D eigenvalue weighted by Crippen LogP contribution is 2.25. The topological polar surface area (TPSA) is 75.1 Å². The van der Waals surface area contributed by atoms with Crippen molar-refractivity contribution in [2.75, 3.05) is 5.32 Å². The fourth-order valence-corrected chi connectivity index (χ4v) is 2.51. The van der Waals surface area contributed by atoms with Crippen LogP contribution in [0, 0.1) is 0 Å². The summed E-state index contributed by atoms with van der Waals surface area (Å²) in [6.07, 6.45) is 2.34. The van der Waals surface area contributed by atoms with Crippen molar-refractivity contribution in [3.05, 3.63) is 66.0 Å². The van der Waals surface area contributed by atoms with Gasteiger partial charge in [-0.3, -0.25) is 0 Å². The van der Waals surface area contributed by atoms with E-state index < -0.39 is 12.0 Å². The lowest BCUT2D eigenvalue weighted by atomic mass is 10.1. The number of carbonyl (C=O) groups is 1. The van der Waals surface area contributed by atoms with Gasteiger partial charge >= 0.3 is 5.97 Å². The summed E-state index contributed by atoms with van der Waals surface area (Å²) in [6, 6.07) is 14.2. The summed E-state index contributed by atoms with van der Waals surface area (Å²) in [4.78, 5) is 20.1. The number of carboxylic acid groups (broad SMARTS) is 1. The van der Waals surface area contributed by atoms with E-state index in [9.17, 15) is 9.90 Å². The van der Waals surface area contributed by atoms with Gasteiger partial charge in [-0.2, -0.15) is 0 Å². The van der Waals surface area contributed by atoms with Gasteiger partial charge in [0.15, 0.2) is 6.04 Å². The summed E-state index contributed by atoms with van der Waals surface area (Å²) in [7, 11) is 0. The lowest BCUT2D eigenvalue weighted by Gasteiger charge is -2.16. The summed E-state index contributed by atoms with van der Waals surface area (Å²) in [5.74, 6) is -0.420. The Morgan fingerprint density at radius 2 is 1.96 bits per heavy atom. The summed E-state index contributed by atoms with van der Waals surface area (Å²) >= 11 is 0. The number of nitrogens with zero attached hydrogens (tertiary/aromatic N) is 2. The Bertz CT molecular complexity index is 834. The quantitative estimate of drug-likeness (QED) is 0.755. The third-order valence-corrected chi connectivity index (χ3v) is 3.77. The SMILES string of the molecule is CCc1ccc2ncnc(NC(C(=O)O)c3ccccc3)c2c1. The molecule has 0 aliphatic rings. The number of hydrogen-bond acceptors (Lipinski definition) is 4. The van der Waals surface area contributed by atoms with Crippen molar-refractivity contribution in [3.8, 4) is 0 Å². The van der Waals surface area contributed by atoms with Crippen LogP contribution in [0.2, 0.25) is 0 Å². The molecule has 23 heavy (non-hydrogen) atoms. The van der Waals surface area contributed by atoms with E-state index in [-0.39, 0.29) is 0 Å². The maximum absolute atomic E-state index is 11.7. The molecule has 2 N–H and O–H groups in total. The Balaban J connectivity index is 2.03. The van der Waals surface area contributed by atoms with E-state index in [1.54, 1.807) is 12.1 Å². The van der Waals surface area contributed by atoms with Gasteiger partial charge in [0.05, 0.1) is 5.52 Å². The van der Waals surface area contributed by atoms with Crippen LogP contribution in [-0.4, -0.2) is 21.0 Å². The number of hydrogen-bond donors (Lipinski definition) is 2. The molecule has 0 spiro atoms. The maximum Gasteiger partial charge on any atom is 0.330 e. The second-order valence-corrected chi connectivity index (χ2v) is 5.25. The lowest BCUT2D eigenvalue weighted by Crippen LogP contribution is -2.21. The first-order valence-corrected chi connectivity index (χ1v) is 7.47. The van der Waals surface area contributed by atoms with Crippen molar-refractivity contribution in [1.82, 2.24) is 9.97 Å². The van der Waals surface area contributed by atoms with Gasteiger partial charge in [0, 0.05) is 5.39 Å². The molecule has 3 aromatic rings. The second kappa shape index (κ2) is 6.44. The van der Waals surface area contributed by atoms with Gasteiger partial charge in [-0.15, -0.1) is 0 Å². The summed E-state index contributed by atoms with van der Waals surface area (Å²) in [6.45, 7) is 2.07. The van der Waals surface area contributed by atoms with Crippen molar-refractivity contribution < 1.29 is 9.90 Å². The molecule has 2 aromatic carbocycles. The minimum atomic E-state index is -0.949. The van der Waals surface area contributed by atoms with Crippen LogP contribution in [0.25, 0.3) is 10.9 Å². The first-order valence-electron chi connectivity index (χ1n) is 7.47. The van der Waals surface area contributed by atoms with E-state index in [1.165, 1.54) is 6.33 Å². The fourth-order valence-electron chi connectivity index (χ4n) is 2.51. The van der Waals surface area contributed by atoms with Crippen molar-refractivity contribution >= 4 is 22.7 Å². The van der Waals surface area contributed by atoms with Crippen LogP contribution in [0.4, 0.5) is 5.82 Å². The van der Waals surface area contributed by atoms with Gasteiger partial charge < -0.3 is 10.4 Å². The molecule has 0 radical (unpaired) electrons. The van der Waals surface area contributed by atoms with Crippen LogP contribution in [0.15, 0.2) is 54.9 Å². The molecule has 0 fully saturated rings. The van der Waals surface area contributed by atoms with E-state index in [4.69, 9.17) is 0 Å². The predicted molar refractivity (Wildman–Crippen MR) is 89.4 cm³/mol. The number of anilines is 1. The molecule has 0 aliphatic heterocycles. The molecular weight excluding hydrogens is 290 g/mol. The number of aliphatic carboxylic acids is 1. The monoisotopic (exact) mass is 307 g/mol. The molecule has 0 aliphatic carbocycles. The molecule has 1 unspecified atom stereocenters. The number of aromatic nitrogens is 2. The smallest absolute Gasteiger partial charge is 0.330 e. The third kappa shape index (κ3) is 3.13. The average molecular weight is 307 g/mol. The highest BCUT2D eigenvalue weighted by molar-refractivity contribution is 5.91. The predicted octanol–water partition coefficient (Wildman–Crippen LogP) is 3.43. The number of benzene rings is 2. The first-order chi connectivity index (χ1) is 11.2. The lowest BCUT2D eigenvalue weighted by molar-refractivity contribution is -0.138. The second-order valence-electron chi connectivity index (χ2n) is 5.25. The normalized spacial score (nSPS) is 12.0. The molecule has 0 saturated carbocycles. The Morgan fingerprint density at radius 1 is 1.17 bits per heavy atom. The number of nitrogens with one attached hydrogen (secondary N) is 1. The summed E-state index contributed by atoms with van der Waals surface area (Å²) in [5, 5.41) is 13.4. The molecule has 0 amide bonds. The van der Waals surface area contributed by atoms with Gasteiger partial charge in [-0.25, -0.2) is 14.8 Å². The molecule has 1 heterocycles. The molecular formula is C18H17N3O2.